The average Bonchev–Trinajstić information content (AvgIpc) is 3.39. The predicted molar refractivity (Wildman–Crippen MR) is 156 cm³/mol. The van der Waals surface area contributed by atoms with Gasteiger partial charge in [-0.05, 0) is 67.0 Å². The zero-order chi connectivity index (χ0) is 27.6. The Morgan fingerprint density at radius 1 is 0.872 bits per heavy atom. The maximum atomic E-state index is 13.4. The second kappa shape index (κ2) is 14.1. The first-order chi connectivity index (χ1) is 19.0. The summed E-state index contributed by atoms with van der Waals surface area (Å²) < 4.78 is 0. The second-order valence-corrected chi connectivity index (χ2v) is 10.5. The molecule has 3 N–H and O–H groups in total. The van der Waals surface area contributed by atoms with Crippen molar-refractivity contribution in [1.29, 1.82) is 0 Å². The lowest BCUT2D eigenvalue weighted by molar-refractivity contribution is 0.0755. The van der Waals surface area contributed by atoms with E-state index in [1.54, 1.807) is 24.3 Å². The van der Waals surface area contributed by atoms with Crippen LogP contribution < -0.4 is 10.6 Å². The van der Waals surface area contributed by atoms with Gasteiger partial charge in [-0.15, -0.1) is 0 Å². The fraction of sp³-hybridized carbons (Fsp3) is 0.394. The summed E-state index contributed by atoms with van der Waals surface area (Å²) in [5, 5.41) is 17.8. The minimum atomic E-state index is -0.785. The molecule has 0 aromatic heterocycles. The maximum absolute atomic E-state index is 13.4. The van der Waals surface area contributed by atoms with Crippen LogP contribution in [0.2, 0.25) is 0 Å². The van der Waals surface area contributed by atoms with E-state index in [-0.39, 0.29) is 17.9 Å². The quantitative estimate of drug-likeness (QED) is 0.308. The molecule has 0 saturated heterocycles. The third-order valence-electron chi connectivity index (χ3n) is 7.39. The van der Waals surface area contributed by atoms with Gasteiger partial charge in [-0.3, -0.25) is 9.59 Å². The number of hydrogen-bond donors (Lipinski definition) is 3. The molecule has 2 amide bonds. The predicted octanol–water partition coefficient (Wildman–Crippen LogP) is 4.41. The zero-order valence-electron chi connectivity index (χ0n) is 23.1. The Kier molecular flexibility index (Phi) is 10.3. The Hall–Kier alpha value is -3.48. The molecule has 0 radical (unpaired) electrons. The van der Waals surface area contributed by atoms with Gasteiger partial charge in [0.1, 0.15) is 0 Å². The summed E-state index contributed by atoms with van der Waals surface area (Å²) in [6.07, 6.45) is 3.35. The molecule has 0 heterocycles. The molecule has 6 heteroatoms. The van der Waals surface area contributed by atoms with Crippen LogP contribution in [0, 0.1) is 0 Å². The summed E-state index contributed by atoms with van der Waals surface area (Å²) in [5.74, 6) is -0.355. The molecule has 39 heavy (non-hydrogen) atoms. The van der Waals surface area contributed by atoms with Crippen LogP contribution in [-0.2, 0) is 19.3 Å². The first-order valence-electron chi connectivity index (χ1n) is 14.2. The minimum absolute atomic E-state index is 0.0593. The topological polar surface area (TPSA) is 81.7 Å². The molecule has 6 nitrogen and oxygen atoms in total. The van der Waals surface area contributed by atoms with Crippen molar-refractivity contribution in [3.05, 3.63) is 107 Å². The Morgan fingerprint density at radius 3 is 2.13 bits per heavy atom. The number of aliphatic hydroxyl groups excluding tert-OH is 1. The summed E-state index contributed by atoms with van der Waals surface area (Å²) in [4.78, 5) is 28.3. The monoisotopic (exact) mass is 527 g/mol. The van der Waals surface area contributed by atoms with Crippen molar-refractivity contribution in [3.63, 3.8) is 0 Å². The van der Waals surface area contributed by atoms with Crippen LogP contribution in [-0.4, -0.2) is 59.6 Å². The molecule has 1 aliphatic carbocycles. The fourth-order valence-electron chi connectivity index (χ4n) is 5.37. The van der Waals surface area contributed by atoms with E-state index in [1.807, 2.05) is 35.2 Å². The second-order valence-electron chi connectivity index (χ2n) is 10.5. The molecular weight excluding hydrogens is 486 g/mol. The highest BCUT2D eigenvalue weighted by Gasteiger charge is 2.26. The van der Waals surface area contributed by atoms with Crippen molar-refractivity contribution in [1.82, 2.24) is 15.5 Å². The summed E-state index contributed by atoms with van der Waals surface area (Å²) in [5.41, 5.74) is 4.66. The van der Waals surface area contributed by atoms with Crippen molar-refractivity contribution in [3.8, 4) is 0 Å². The van der Waals surface area contributed by atoms with E-state index in [1.165, 1.54) is 11.1 Å². The molecule has 0 bridgehead atoms. The van der Waals surface area contributed by atoms with Crippen molar-refractivity contribution >= 4 is 11.8 Å². The number of amides is 2. The standard InChI is InChI=1S/C33H41N3O3/c1-3-17-36(18-4-2)33(39)28-16-10-15-27(20-28)32(38)35-30(19-24-11-6-5-7-12-24)31(37)23-34-29-21-25-13-8-9-14-26(25)22-29/h5-16,20,29-31,34,37H,3-4,17-19,21-23H2,1-2H3,(H,35,38)/t30-,31+/m0/s1. The summed E-state index contributed by atoms with van der Waals surface area (Å²) >= 11 is 0. The van der Waals surface area contributed by atoms with Crippen LogP contribution in [0.4, 0.5) is 0 Å². The number of nitrogens with one attached hydrogen (secondary N) is 2. The van der Waals surface area contributed by atoms with Gasteiger partial charge in [0.25, 0.3) is 11.8 Å². The molecule has 0 unspecified atom stereocenters. The van der Waals surface area contributed by atoms with Crippen molar-refractivity contribution in [2.45, 2.75) is 64.1 Å². The molecule has 1 aliphatic rings. The number of aliphatic hydroxyl groups is 1. The largest absolute Gasteiger partial charge is 0.390 e. The summed E-state index contributed by atoms with van der Waals surface area (Å²) in [7, 11) is 0. The maximum Gasteiger partial charge on any atom is 0.253 e. The molecule has 0 aliphatic heterocycles. The number of rotatable bonds is 13. The van der Waals surface area contributed by atoms with Gasteiger partial charge in [-0.2, -0.15) is 0 Å². The van der Waals surface area contributed by atoms with E-state index in [9.17, 15) is 14.7 Å². The highest BCUT2D eigenvalue weighted by Crippen LogP contribution is 2.21. The molecule has 4 rings (SSSR count). The molecule has 0 spiro atoms. The Bertz CT molecular complexity index is 1200. The summed E-state index contributed by atoms with van der Waals surface area (Å²) in [6, 6.07) is 25.0. The normalized spacial score (nSPS) is 14.4. The van der Waals surface area contributed by atoms with Gasteiger partial charge in [-0.25, -0.2) is 0 Å². The number of carbonyl (C=O) groups excluding carboxylic acids is 2. The molecule has 0 fully saturated rings. The number of carbonyl (C=O) groups is 2. The van der Waals surface area contributed by atoms with E-state index in [2.05, 4.69) is 48.7 Å². The Labute approximate surface area is 232 Å². The van der Waals surface area contributed by atoms with Crippen LogP contribution in [0.15, 0.2) is 78.9 Å². The number of hydrogen-bond acceptors (Lipinski definition) is 4. The first kappa shape index (κ1) is 28.5. The fourth-order valence-corrected chi connectivity index (χ4v) is 5.37. The van der Waals surface area contributed by atoms with Gasteiger partial charge in [0, 0.05) is 36.8 Å². The summed E-state index contributed by atoms with van der Waals surface area (Å²) in [6.45, 7) is 5.86. The van der Waals surface area contributed by atoms with Crippen LogP contribution in [0.5, 0.6) is 0 Å². The van der Waals surface area contributed by atoms with E-state index in [0.29, 0.717) is 37.2 Å². The van der Waals surface area contributed by atoms with Crippen LogP contribution >= 0.6 is 0 Å². The third kappa shape index (κ3) is 7.78. The van der Waals surface area contributed by atoms with Gasteiger partial charge in [0.05, 0.1) is 12.1 Å². The van der Waals surface area contributed by atoms with Gasteiger partial charge >= 0.3 is 0 Å². The molecule has 3 aromatic carbocycles. The smallest absolute Gasteiger partial charge is 0.253 e. The van der Waals surface area contributed by atoms with E-state index in [0.717, 1.165) is 31.2 Å². The molecule has 206 valence electrons. The third-order valence-corrected chi connectivity index (χ3v) is 7.39. The SMILES string of the molecule is CCCN(CCC)C(=O)c1cccc(C(=O)N[C@@H](Cc2ccccc2)[C@H](O)CNC2Cc3ccccc3C2)c1. The Balaban J connectivity index is 1.44. The first-order valence-corrected chi connectivity index (χ1v) is 14.2. The average molecular weight is 528 g/mol. The van der Waals surface area contributed by atoms with E-state index in [4.69, 9.17) is 0 Å². The van der Waals surface area contributed by atoms with Crippen molar-refractivity contribution < 1.29 is 14.7 Å². The molecular formula is C33H41N3O3. The molecule has 2 atom stereocenters. The lowest BCUT2D eigenvalue weighted by atomic mass is 9.99. The lowest BCUT2D eigenvalue weighted by Gasteiger charge is -2.26. The number of benzene rings is 3. The highest BCUT2D eigenvalue weighted by molar-refractivity contribution is 5.99. The zero-order valence-corrected chi connectivity index (χ0v) is 23.1. The van der Waals surface area contributed by atoms with Gasteiger partial charge in [0.2, 0.25) is 0 Å². The number of fused-ring (bicyclic) bond motifs is 1. The van der Waals surface area contributed by atoms with Gasteiger partial charge in [0.15, 0.2) is 0 Å². The van der Waals surface area contributed by atoms with E-state index < -0.39 is 12.1 Å². The lowest BCUT2D eigenvalue weighted by Crippen LogP contribution is -2.50. The van der Waals surface area contributed by atoms with Gasteiger partial charge < -0.3 is 20.6 Å². The van der Waals surface area contributed by atoms with Gasteiger partial charge in [-0.1, -0.05) is 74.5 Å². The van der Waals surface area contributed by atoms with E-state index >= 15 is 0 Å². The van der Waals surface area contributed by atoms with Crippen LogP contribution in [0.3, 0.4) is 0 Å². The van der Waals surface area contributed by atoms with Crippen LogP contribution in [0.1, 0.15) is 64.1 Å². The van der Waals surface area contributed by atoms with Crippen LogP contribution in [0.25, 0.3) is 0 Å². The molecule has 0 saturated carbocycles. The van der Waals surface area contributed by atoms with Crippen molar-refractivity contribution in [2.24, 2.45) is 0 Å². The molecule has 3 aromatic rings. The van der Waals surface area contributed by atoms with Crippen molar-refractivity contribution in [2.75, 3.05) is 19.6 Å². The minimum Gasteiger partial charge on any atom is -0.390 e. The number of nitrogens with zero attached hydrogens (tertiary/aromatic N) is 1. The Morgan fingerprint density at radius 2 is 1.49 bits per heavy atom. The highest BCUT2D eigenvalue weighted by atomic mass is 16.3.